The average Bonchev–Trinajstić information content (AvgIpc) is 3.66. The summed E-state index contributed by atoms with van der Waals surface area (Å²) in [6, 6.07) is 26.3. The third-order valence-electron chi connectivity index (χ3n) is 14.4. The van der Waals surface area contributed by atoms with Crippen molar-refractivity contribution in [2.24, 2.45) is 10.8 Å². The molecule has 1 aliphatic heterocycles. The van der Waals surface area contributed by atoms with Crippen molar-refractivity contribution >= 4 is 5.97 Å². The molecule has 63 heavy (non-hydrogen) atoms. The molecule has 1 heterocycles. The normalized spacial score (nSPS) is 15.7. The van der Waals surface area contributed by atoms with E-state index in [-0.39, 0.29) is 45.9 Å². The van der Waals surface area contributed by atoms with E-state index in [1.165, 1.54) is 44.5 Å². The first-order valence-electron chi connectivity index (χ1n) is 23.8. The summed E-state index contributed by atoms with van der Waals surface area (Å²) in [5.41, 5.74) is 12.2. The molecule has 0 saturated carbocycles. The Bertz CT molecular complexity index is 2110. The summed E-state index contributed by atoms with van der Waals surface area (Å²) in [5.74, 6) is 1.07. The highest BCUT2D eigenvalue weighted by atomic mass is 16.6. The first-order valence-corrected chi connectivity index (χ1v) is 23.8. The Morgan fingerprint density at radius 3 is 1.35 bits per heavy atom. The summed E-state index contributed by atoms with van der Waals surface area (Å²) >= 11 is 0. The fraction of sp³-hybridized carbons (Fsp3) is 0.561. The van der Waals surface area contributed by atoms with E-state index >= 15 is 0 Å². The number of ether oxygens (including phenoxy) is 2. The van der Waals surface area contributed by atoms with Crippen LogP contribution >= 0.6 is 0 Å². The number of carbonyl (C=O) groups excluding carboxylic acids is 1. The molecule has 6 heteroatoms. The topological polar surface area (TPSA) is 96.2 Å². The van der Waals surface area contributed by atoms with Gasteiger partial charge in [-0.1, -0.05) is 130 Å². The number of benzene rings is 4. The van der Waals surface area contributed by atoms with Gasteiger partial charge in [0, 0.05) is 17.3 Å². The minimum absolute atomic E-state index is 0.0489. The monoisotopic (exact) mass is 863 g/mol. The molecule has 1 aliphatic rings. The highest BCUT2D eigenvalue weighted by Crippen LogP contribution is 2.43. The van der Waals surface area contributed by atoms with Crippen molar-refractivity contribution in [2.75, 3.05) is 6.61 Å². The van der Waals surface area contributed by atoms with E-state index < -0.39 is 0 Å². The number of aromatic hydroxyl groups is 1. The number of phenolic OH excluding ortho intramolecular Hbond substituents is 1. The molecule has 5 rings (SSSR count). The van der Waals surface area contributed by atoms with Gasteiger partial charge in [-0.05, 0) is 164 Å². The SMILES string of the molecule is CCC(CC)(c1ccc(CCC(O)C(C)(C)C)c(C)c1)c1ccc(OC[C@@H]2CCC(=O)O2)c(C)c1.CCC(CC)(c1ccc(O)c(C)c1)c1ccc(CCC(O)C(C)(C)C)c(C)c1. The lowest BCUT2D eigenvalue weighted by atomic mass is 9.69. The Kier molecular flexibility index (Phi) is 17.7. The fourth-order valence-corrected chi connectivity index (χ4v) is 9.41. The molecule has 4 aromatic carbocycles. The minimum atomic E-state index is -0.309. The van der Waals surface area contributed by atoms with Gasteiger partial charge in [0.1, 0.15) is 24.2 Å². The zero-order chi connectivity index (χ0) is 46.9. The second-order valence-electron chi connectivity index (χ2n) is 20.6. The van der Waals surface area contributed by atoms with Gasteiger partial charge in [0.05, 0.1) is 12.2 Å². The van der Waals surface area contributed by atoms with Gasteiger partial charge in [-0.25, -0.2) is 0 Å². The van der Waals surface area contributed by atoms with E-state index in [1.807, 2.05) is 13.0 Å². The van der Waals surface area contributed by atoms with Gasteiger partial charge in [0.15, 0.2) is 0 Å². The Labute approximate surface area is 381 Å². The van der Waals surface area contributed by atoms with Crippen LogP contribution in [0.3, 0.4) is 0 Å². The molecule has 2 unspecified atom stereocenters. The molecular formula is C57H82O6. The third-order valence-corrected chi connectivity index (χ3v) is 14.4. The Hall–Kier alpha value is -4.13. The standard InChI is InChI=1S/C31H44O4.C26H38O2/c1-8-31(9-2,24-12-10-23(21(3)18-24)11-16-28(32)30(5,6)7)25-13-15-27(22(4)19-25)34-20-26-14-17-29(33)35-26;1-8-26(9-2,22-13-14-23(27)19(4)17-22)21-12-10-20(18(3)16-21)11-15-24(28)25(5,6)7/h10,12-13,15,18-19,26,28,32H,8-9,11,14,16-17,20H2,1-7H3;10,12-14,16-17,24,27-28H,8-9,11,15H2,1-7H3/t26-,28?;/m0./s1. The first-order chi connectivity index (χ1) is 29.5. The van der Waals surface area contributed by atoms with Crippen LogP contribution in [0, 0.1) is 38.5 Å². The Balaban J connectivity index is 0.000000284. The summed E-state index contributed by atoms with van der Waals surface area (Å²) < 4.78 is 11.3. The van der Waals surface area contributed by atoms with Crippen LogP contribution in [0.4, 0.5) is 0 Å². The molecule has 346 valence electrons. The van der Waals surface area contributed by atoms with E-state index in [9.17, 15) is 20.1 Å². The quantitative estimate of drug-likeness (QED) is 0.0915. The second-order valence-corrected chi connectivity index (χ2v) is 20.6. The smallest absolute Gasteiger partial charge is 0.306 e. The van der Waals surface area contributed by atoms with Crippen LogP contribution in [0.15, 0.2) is 72.8 Å². The van der Waals surface area contributed by atoms with Gasteiger partial charge in [0.25, 0.3) is 0 Å². The van der Waals surface area contributed by atoms with Crippen molar-refractivity contribution < 1.29 is 29.6 Å². The molecule has 0 spiro atoms. The predicted molar refractivity (Wildman–Crippen MR) is 261 cm³/mol. The van der Waals surface area contributed by atoms with Crippen LogP contribution in [-0.2, 0) is 33.2 Å². The lowest BCUT2D eigenvalue weighted by molar-refractivity contribution is -0.142. The van der Waals surface area contributed by atoms with Crippen molar-refractivity contribution in [1.82, 2.24) is 0 Å². The van der Waals surface area contributed by atoms with E-state index in [1.54, 1.807) is 0 Å². The molecule has 1 saturated heterocycles. The zero-order valence-electron chi connectivity index (χ0n) is 41.5. The summed E-state index contributed by atoms with van der Waals surface area (Å²) in [5, 5.41) is 30.8. The second kappa shape index (κ2) is 21.7. The van der Waals surface area contributed by atoms with Crippen LogP contribution in [0.2, 0.25) is 0 Å². The Morgan fingerprint density at radius 2 is 1.00 bits per heavy atom. The van der Waals surface area contributed by atoms with Gasteiger partial charge in [-0.15, -0.1) is 0 Å². The van der Waals surface area contributed by atoms with Crippen LogP contribution in [-0.4, -0.2) is 46.2 Å². The summed E-state index contributed by atoms with van der Waals surface area (Å²) in [6.07, 6.45) is 7.84. The molecule has 6 nitrogen and oxygen atoms in total. The maximum absolute atomic E-state index is 11.3. The summed E-state index contributed by atoms with van der Waals surface area (Å²) in [7, 11) is 0. The lowest BCUT2D eigenvalue weighted by Gasteiger charge is -2.34. The molecule has 3 atom stereocenters. The molecule has 0 aliphatic carbocycles. The number of hydrogen-bond acceptors (Lipinski definition) is 6. The van der Waals surface area contributed by atoms with Gasteiger partial charge >= 0.3 is 5.97 Å². The largest absolute Gasteiger partial charge is 0.508 e. The number of esters is 1. The van der Waals surface area contributed by atoms with Gasteiger partial charge in [0.2, 0.25) is 0 Å². The number of phenols is 1. The fourth-order valence-electron chi connectivity index (χ4n) is 9.41. The molecule has 0 bridgehead atoms. The minimum Gasteiger partial charge on any atom is -0.508 e. The van der Waals surface area contributed by atoms with Crippen LogP contribution in [0.25, 0.3) is 0 Å². The van der Waals surface area contributed by atoms with Crippen LogP contribution in [0.1, 0.15) is 176 Å². The molecule has 4 aromatic rings. The number of aliphatic hydroxyl groups is 2. The summed E-state index contributed by atoms with van der Waals surface area (Å²) in [4.78, 5) is 11.3. The molecule has 0 radical (unpaired) electrons. The predicted octanol–water partition coefficient (Wildman–Crippen LogP) is 13.3. The Morgan fingerprint density at radius 1 is 0.603 bits per heavy atom. The van der Waals surface area contributed by atoms with Gasteiger partial charge in [-0.3, -0.25) is 4.79 Å². The zero-order valence-corrected chi connectivity index (χ0v) is 41.5. The van der Waals surface area contributed by atoms with E-state index in [0.717, 1.165) is 74.7 Å². The highest BCUT2D eigenvalue weighted by Gasteiger charge is 2.33. The number of aryl methyl sites for hydroxylation is 6. The molecule has 1 fully saturated rings. The van der Waals surface area contributed by atoms with Crippen molar-refractivity contribution in [3.8, 4) is 11.5 Å². The molecule has 0 aromatic heterocycles. The van der Waals surface area contributed by atoms with Gasteiger partial charge in [-0.2, -0.15) is 0 Å². The maximum Gasteiger partial charge on any atom is 0.306 e. The highest BCUT2D eigenvalue weighted by molar-refractivity contribution is 5.71. The van der Waals surface area contributed by atoms with Crippen molar-refractivity contribution in [1.29, 1.82) is 0 Å². The first kappa shape index (κ1) is 51.5. The lowest BCUT2D eigenvalue weighted by Crippen LogP contribution is -2.27. The van der Waals surface area contributed by atoms with Crippen molar-refractivity contribution in [3.05, 3.63) is 128 Å². The summed E-state index contributed by atoms with van der Waals surface area (Å²) in [6.45, 7) is 30.4. The van der Waals surface area contributed by atoms with E-state index in [2.05, 4.69) is 157 Å². The molecule has 0 amide bonds. The van der Waals surface area contributed by atoms with Gasteiger partial charge < -0.3 is 24.8 Å². The van der Waals surface area contributed by atoms with Crippen molar-refractivity contribution in [2.45, 2.75) is 190 Å². The van der Waals surface area contributed by atoms with Crippen LogP contribution < -0.4 is 4.74 Å². The van der Waals surface area contributed by atoms with E-state index in [0.29, 0.717) is 18.8 Å². The third kappa shape index (κ3) is 12.6. The van der Waals surface area contributed by atoms with E-state index in [4.69, 9.17) is 9.47 Å². The van der Waals surface area contributed by atoms with Crippen molar-refractivity contribution in [3.63, 3.8) is 0 Å². The average molecular weight is 863 g/mol. The number of aliphatic hydroxyl groups excluding tert-OH is 2. The number of cyclic esters (lactones) is 1. The maximum atomic E-state index is 11.3. The van der Waals surface area contributed by atoms with Crippen LogP contribution in [0.5, 0.6) is 11.5 Å². The number of carbonyl (C=O) groups is 1. The number of hydrogen-bond donors (Lipinski definition) is 3. The molecule has 3 N–H and O–H groups in total. The number of rotatable bonds is 17. The molecular weight excluding hydrogens is 781 g/mol.